The molecule has 0 radical (unpaired) electrons. The Morgan fingerprint density at radius 1 is 1.26 bits per heavy atom. The molecule has 1 fully saturated rings. The van der Waals surface area contributed by atoms with E-state index in [1.807, 2.05) is 0 Å². The number of aryl methyl sites for hydroxylation is 1. The van der Waals surface area contributed by atoms with Crippen molar-refractivity contribution in [2.45, 2.75) is 31.9 Å². The first kappa shape index (κ1) is 17.9. The van der Waals surface area contributed by atoms with Crippen LogP contribution in [0.1, 0.15) is 25.0 Å². The second-order valence-electron chi connectivity index (χ2n) is 5.34. The Bertz CT molecular complexity index is 616. The molecule has 2 rings (SSSR count). The minimum Gasteiger partial charge on any atom is -0.353 e. The molecule has 0 unspecified atom stereocenters. The number of nitrogens with one attached hydrogen (secondary N) is 1. The van der Waals surface area contributed by atoms with E-state index in [4.69, 9.17) is 0 Å². The average molecular weight is 352 g/mol. The highest BCUT2D eigenvalue weighted by molar-refractivity contribution is 7.89. The molecule has 6 nitrogen and oxygen atoms in total. The normalized spacial score (nSPS) is 16.7. The molecule has 1 saturated heterocycles. The SMILES string of the molecule is O=S(=O)(CCNc1nccc(CCC(F)(F)F)n1)N1CCCC1. The van der Waals surface area contributed by atoms with Crippen LogP contribution in [0.2, 0.25) is 0 Å². The maximum atomic E-state index is 12.2. The molecule has 1 N–H and O–H groups in total. The second kappa shape index (κ2) is 7.43. The molecule has 0 spiro atoms. The number of rotatable bonds is 7. The van der Waals surface area contributed by atoms with Crippen LogP contribution in [0.25, 0.3) is 0 Å². The first-order valence-corrected chi connectivity index (χ1v) is 8.97. The number of nitrogens with zero attached hydrogens (tertiary/aromatic N) is 3. The van der Waals surface area contributed by atoms with Crippen molar-refractivity contribution in [3.8, 4) is 0 Å². The van der Waals surface area contributed by atoms with Gasteiger partial charge in [-0.25, -0.2) is 22.7 Å². The molecule has 0 bridgehead atoms. The van der Waals surface area contributed by atoms with Gasteiger partial charge in [0, 0.05) is 37.9 Å². The maximum absolute atomic E-state index is 12.2. The molecule has 0 saturated carbocycles. The number of aromatic nitrogens is 2. The van der Waals surface area contributed by atoms with Crippen LogP contribution in [-0.4, -0.2) is 54.3 Å². The van der Waals surface area contributed by atoms with Crippen molar-refractivity contribution in [1.82, 2.24) is 14.3 Å². The summed E-state index contributed by atoms with van der Waals surface area (Å²) in [7, 11) is -3.30. The van der Waals surface area contributed by atoms with Gasteiger partial charge < -0.3 is 5.32 Å². The lowest BCUT2D eigenvalue weighted by Gasteiger charge is -2.15. The van der Waals surface area contributed by atoms with Crippen molar-refractivity contribution in [2.24, 2.45) is 0 Å². The van der Waals surface area contributed by atoms with E-state index in [1.54, 1.807) is 0 Å². The van der Waals surface area contributed by atoms with E-state index >= 15 is 0 Å². The second-order valence-corrected chi connectivity index (χ2v) is 7.42. The Morgan fingerprint density at radius 2 is 1.96 bits per heavy atom. The lowest BCUT2D eigenvalue weighted by Crippen LogP contribution is -2.32. The molecule has 0 atom stereocenters. The van der Waals surface area contributed by atoms with Crippen LogP contribution in [0, 0.1) is 0 Å². The third kappa shape index (κ3) is 5.94. The van der Waals surface area contributed by atoms with Crippen LogP contribution in [0.15, 0.2) is 12.3 Å². The van der Waals surface area contributed by atoms with E-state index in [0.29, 0.717) is 13.1 Å². The van der Waals surface area contributed by atoms with Crippen molar-refractivity contribution < 1.29 is 21.6 Å². The van der Waals surface area contributed by atoms with Gasteiger partial charge in [0.25, 0.3) is 0 Å². The van der Waals surface area contributed by atoms with Crippen LogP contribution >= 0.6 is 0 Å². The van der Waals surface area contributed by atoms with Crippen molar-refractivity contribution >= 4 is 16.0 Å². The van der Waals surface area contributed by atoms with Gasteiger partial charge in [-0.2, -0.15) is 13.2 Å². The van der Waals surface area contributed by atoms with Gasteiger partial charge in [0.1, 0.15) is 0 Å². The van der Waals surface area contributed by atoms with E-state index in [2.05, 4.69) is 15.3 Å². The van der Waals surface area contributed by atoms with Gasteiger partial charge in [-0.15, -0.1) is 0 Å². The summed E-state index contributed by atoms with van der Waals surface area (Å²) in [4.78, 5) is 7.85. The van der Waals surface area contributed by atoms with Crippen LogP contribution in [0.3, 0.4) is 0 Å². The quantitative estimate of drug-likeness (QED) is 0.810. The van der Waals surface area contributed by atoms with Crippen molar-refractivity contribution in [2.75, 3.05) is 30.7 Å². The Kier molecular flexibility index (Phi) is 5.79. The molecule has 23 heavy (non-hydrogen) atoms. The smallest absolute Gasteiger partial charge is 0.353 e. The van der Waals surface area contributed by atoms with Crippen molar-refractivity contribution in [1.29, 1.82) is 0 Å². The minimum atomic E-state index is -4.23. The fraction of sp³-hybridized carbons (Fsp3) is 0.692. The number of hydrogen-bond acceptors (Lipinski definition) is 5. The predicted octanol–water partition coefficient (Wildman–Crippen LogP) is 1.81. The highest BCUT2D eigenvalue weighted by Gasteiger charge is 2.27. The van der Waals surface area contributed by atoms with Gasteiger partial charge in [0.2, 0.25) is 16.0 Å². The highest BCUT2D eigenvalue weighted by atomic mass is 32.2. The van der Waals surface area contributed by atoms with Gasteiger partial charge in [-0.3, -0.25) is 0 Å². The maximum Gasteiger partial charge on any atom is 0.389 e. The zero-order valence-corrected chi connectivity index (χ0v) is 13.3. The summed E-state index contributed by atoms with van der Waals surface area (Å²) in [6.07, 6.45) is -2.31. The molecule has 1 aliphatic heterocycles. The summed E-state index contributed by atoms with van der Waals surface area (Å²) in [5.41, 5.74) is 0.266. The minimum absolute atomic E-state index is 0.0941. The highest BCUT2D eigenvalue weighted by Crippen LogP contribution is 2.21. The van der Waals surface area contributed by atoms with Gasteiger partial charge >= 0.3 is 6.18 Å². The molecule has 2 heterocycles. The molecule has 1 aromatic rings. The van der Waals surface area contributed by atoms with E-state index in [1.165, 1.54) is 16.6 Å². The lowest BCUT2D eigenvalue weighted by atomic mass is 10.2. The predicted molar refractivity (Wildman–Crippen MR) is 79.5 cm³/mol. The summed E-state index contributed by atoms with van der Waals surface area (Å²) in [6, 6.07) is 1.41. The standard InChI is InChI=1S/C13H19F3N4O2S/c14-13(15,16)5-3-11-4-6-17-12(19-11)18-7-10-23(21,22)20-8-1-2-9-20/h4,6H,1-3,5,7-10H2,(H,17,18,19). The first-order chi connectivity index (χ1) is 10.8. The Balaban J connectivity index is 1.83. The van der Waals surface area contributed by atoms with Gasteiger partial charge in [-0.1, -0.05) is 0 Å². The van der Waals surface area contributed by atoms with Crippen molar-refractivity contribution in [3.63, 3.8) is 0 Å². The average Bonchev–Trinajstić information content (AvgIpc) is 3.00. The summed E-state index contributed by atoms with van der Waals surface area (Å²) >= 11 is 0. The Hall–Kier alpha value is -1.42. The molecule has 10 heteroatoms. The van der Waals surface area contributed by atoms with Crippen LogP contribution < -0.4 is 5.32 Å². The number of hydrogen-bond donors (Lipinski definition) is 1. The first-order valence-electron chi connectivity index (χ1n) is 7.37. The Morgan fingerprint density at radius 3 is 2.61 bits per heavy atom. The largest absolute Gasteiger partial charge is 0.389 e. The monoisotopic (exact) mass is 352 g/mol. The number of sulfonamides is 1. The molecular weight excluding hydrogens is 333 g/mol. The fourth-order valence-electron chi connectivity index (χ4n) is 2.28. The van der Waals surface area contributed by atoms with Gasteiger partial charge in [-0.05, 0) is 25.3 Å². The molecule has 130 valence electrons. The molecular formula is C13H19F3N4O2S. The topological polar surface area (TPSA) is 75.2 Å². The van der Waals surface area contributed by atoms with Crippen molar-refractivity contribution in [3.05, 3.63) is 18.0 Å². The third-order valence-corrected chi connectivity index (χ3v) is 5.35. The number of anilines is 1. The summed E-state index contributed by atoms with van der Waals surface area (Å²) in [6.45, 7) is 1.21. The molecule has 1 aliphatic rings. The summed E-state index contributed by atoms with van der Waals surface area (Å²) in [5, 5.41) is 2.75. The zero-order chi connectivity index (χ0) is 16.9. The van der Waals surface area contributed by atoms with E-state index in [-0.39, 0.29) is 30.4 Å². The molecule has 0 aliphatic carbocycles. The molecule has 0 aromatic carbocycles. The lowest BCUT2D eigenvalue weighted by molar-refractivity contribution is -0.134. The van der Waals surface area contributed by atoms with E-state index in [9.17, 15) is 21.6 Å². The summed E-state index contributed by atoms with van der Waals surface area (Å²) < 4.78 is 62.1. The van der Waals surface area contributed by atoms with Crippen LogP contribution in [-0.2, 0) is 16.4 Å². The van der Waals surface area contributed by atoms with Crippen LogP contribution in [0.4, 0.5) is 19.1 Å². The number of halogens is 3. The number of alkyl halides is 3. The third-order valence-electron chi connectivity index (χ3n) is 3.48. The van der Waals surface area contributed by atoms with Gasteiger partial charge in [0.15, 0.2) is 0 Å². The summed E-state index contributed by atoms with van der Waals surface area (Å²) in [5.74, 6) is 0.0460. The fourth-order valence-corrected chi connectivity index (χ4v) is 3.71. The zero-order valence-electron chi connectivity index (χ0n) is 12.5. The Labute approximate surface area is 133 Å². The van der Waals surface area contributed by atoms with E-state index < -0.39 is 22.6 Å². The molecule has 0 amide bonds. The molecule has 1 aromatic heterocycles. The van der Waals surface area contributed by atoms with Gasteiger partial charge in [0.05, 0.1) is 5.75 Å². The van der Waals surface area contributed by atoms with E-state index in [0.717, 1.165) is 12.8 Å². The van der Waals surface area contributed by atoms with Crippen LogP contribution in [0.5, 0.6) is 0 Å².